The van der Waals surface area contributed by atoms with Crippen molar-refractivity contribution in [3.05, 3.63) is 83.9 Å². The third-order valence-corrected chi connectivity index (χ3v) is 3.85. The van der Waals surface area contributed by atoms with Crippen LogP contribution in [0.2, 0.25) is 0 Å². The molecule has 0 saturated carbocycles. The molecule has 0 aliphatic rings. The summed E-state index contributed by atoms with van der Waals surface area (Å²) in [6.45, 7) is 0.192. The summed E-state index contributed by atoms with van der Waals surface area (Å²) in [7, 11) is 0. The molecule has 3 rings (SSSR count). The molecule has 5 nitrogen and oxygen atoms in total. The van der Waals surface area contributed by atoms with Crippen molar-refractivity contribution < 1.29 is 19.4 Å². The molecule has 130 valence electrons. The lowest BCUT2D eigenvalue weighted by molar-refractivity contribution is 0.112. The van der Waals surface area contributed by atoms with Crippen LogP contribution in [-0.2, 0) is 11.3 Å². The second kappa shape index (κ2) is 7.98. The molecule has 0 unspecified atom stereocenters. The first-order chi connectivity index (χ1) is 12.7. The SMILES string of the molecule is O=Cc1cccc(-c2ccc(NC(=O)OCc3ccccc3)cc2)c1O. The van der Waals surface area contributed by atoms with Crippen molar-refractivity contribution in [2.24, 2.45) is 0 Å². The number of para-hydroxylation sites is 1. The first-order valence-corrected chi connectivity index (χ1v) is 8.02. The van der Waals surface area contributed by atoms with Crippen molar-refractivity contribution in [3.8, 4) is 16.9 Å². The molecule has 0 spiro atoms. The maximum absolute atomic E-state index is 11.9. The Morgan fingerprint density at radius 2 is 1.69 bits per heavy atom. The molecule has 3 aromatic rings. The van der Waals surface area contributed by atoms with Gasteiger partial charge in [0.05, 0.1) is 5.56 Å². The highest BCUT2D eigenvalue weighted by atomic mass is 16.5. The number of benzene rings is 3. The van der Waals surface area contributed by atoms with E-state index >= 15 is 0 Å². The Balaban J connectivity index is 1.64. The summed E-state index contributed by atoms with van der Waals surface area (Å²) in [6, 6.07) is 21.3. The van der Waals surface area contributed by atoms with Gasteiger partial charge < -0.3 is 9.84 Å². The minimum absolute atomic E-state index is 0.0644. The van der Waals surface area contributed by atoms with Gasteiger partial charge in [0.1, 0.15) is 12.4 Å². The second-order valence-corrected chi connectivity index (χ2v) is 5.63. The Morgan fingerprint density at radius 1 is 0.962 bits per heavy atom. The molecule has 0 atom stereocenters. The predicted octanol–water partition coefficient (Wildman–Crippen LogP) is 4.62. The minimum Gasteiger partial charge on any atom is -0.507 e. The van der Waals surface area contributed by atoms with E-state index in [1.807, 2.05) is 30.3 Å². The van der Waals surface area contributed by atoms with Gasteiger partial charge in [-0.25, -0.2) is 4.79 Å². The third kappa shape index (κ3) is 4.08. The number of aldehydes is 1. The van der Waals surface area contributed by atoms with Crippen LogP contribution in [0.4, 0.5) is 10.5 Å². The number of hydrogen-bond acceptors (Lipinski definition) is 4. The third-order valence-electron chi connectivity index (χ3n) is 3.85. The molecule has 0 aliphatic heterocycles. The van der Waals surface area contributed by atoms with Crippen molar-refractivity contribution in [1.29, 1.82) is 0 Å². The fourth-order valence-corrected chi connectivity index (χ4v) is 2.50. The van der Waals surface area contributed by atoms with E-state index in [2.05, 4.69) is 5.32 Å². The highest BCUT2D eigenvalue weighted by Gasteiger charge is 2.09. The molecule has 0 fully saturated rings. The van der Waals surface area contributed by atoms with Gasteiger partial charge in [-0.15, -0.1) is 0 Å². The average molecular weight is 347 g/mol. The van der Waals surface area contributed by atoms with Crippen molar-refractivity contribution in [2.45, 2.75) is 6.61 Å². The van der Waals surface area contributed by atoms with Gasteiger partial charge >= 0.3 is 6.09 Å². The van der Waals surface area contributed by atoms with E-state index in [1.165, 1.54) is 0 Å². The summed E-state index contributed by atoms with van der Waals surface area (Å²) in [5, 5.41) is 12.8. The summed E-state index contributed by atoms with van der Waals surface area (Å²) in [4.78, 5) is 22.8. The van der Waals surface area contributed by atoms with Gasteiger partial charge in [0.2, 0.25) is 0 Å². The summed E-state index contributed by atoms with van der Waals surface area (Å²) in [5.74, 6) is -0.0644. The number of carbonyl (C=O) groups is 2. The maximum atomic E-state index is 11.9. The summed E-state index contributed by atoms with van der Waals surface area (Å²) in [6.07, 6.45) is 0.0599. The second-order valence-electron chi connectivity index (χ2n) is 5.63. The molecule has 0 heterocycles. The predicted molar refractivity (Wildman–Crippen MR) is 99.2 cm³/mol. The normalized spacial score (nSPS) is 10.2. The summed E-state index contributed by atoms with van der Waals surface area (Å²) < 4.78 is 5.17. The van der Waals surface area contributed by atoms with E-state index < -0.39 is 6.09 Å². The zero-order valence-corrected chi connectivity index (χ0v) is 13.9. The molecule has 3 aromatic carbocycles. The molecular formula is C21H17NO4. The Labute approximate surface area is 150 Å². The van der Waals surface area contributed by atoms with Gasteiger partial charge in [0.15, 0.2) is 6.29 Å². The largest absolute Gasteiger partial charge is 0.507 e. The minimum atomic E-state index is -0.549. The van der Waals surface area contributed by atoms with Gasteiger partial charge in [0.25, 0.3) is 0 Å². The van der Waals surface area contributed by atoms with Crippen molar-refractivity contribution in [2.75, 3.05) is 5.32 Å². The Hall–Kier alpha value is -3.60. The fraction of sp³-hybridized carbons (Fsp3) is 0.0476. The average Bonchev–Trinajstić information content (AvgIpc) is 2.68. The van der Waals surface area contributed by atoms with Crippen LogP contribution in [0.3, 0.4) is 0 Å². The maximum Gasteiger partial charge on any atom is 0.411 e. The number of aromatic hydroxyl groups is 1. The van der Waals surface area contributed by atoms with Crippen molar-refractivity contribution in [1.82, 2.24) is 0 Å². The van der Waals surface area contributed by atoms with Gasteiger partial charge in [-0.1, -0.05) is 54.6 Å². The zero-order valence-electron chi connectivity index (χ0n) is 13.9. The standard InChI is InChI=1S/C21H17NO4/c23-13-17-7-4-8-19(20(17)24)16-9-11-18(12-10-16)22-21(25)26-14-15-5-2-1-3-6-15/h1-13,24H,14H2,(H,22,25). The number of amides is 1. The number of carbonyl (C=O) groups excluding carboxylic acids is 2. The van der Waals surface area contributed by atoms with E-state index in [4.69, 9.17) is 4.74 Å². The van der Waals surface area contributed by atoms with Crippen LogP contribution in [0.15, 0.2) is 72.8 Å². The van der Waals surface area contributed by atoms with E-state index in [9.17, 15) is 14.7 Å². The van der Waals surface area contributed by atoms with E-state index in [-0.39, 0.29) is 17.9 Å². The van der Waals surface area contributed by atoms with Crippen LogP contribution in [0, 0.1) is 0 Å². The molecule has 26 heavy (non-hydrogen) atoms. The Kier molecular flexibility index (Phi) is 5.29. The van der Waals surface area contributed by atoms with E-state index in [0.717, 1.165) is 11.1 Å². The topological polar surface area (TPSA) is 75.6 Å². The number of phenolic OH excluding ortho intramolecular Hbond substituents is 1. The first-order valence-electron chi connectivity index (χ1n) is 8.02. The number of phenols is 1. The zero-order chi connectivity index (χ0) is 18.4. The number of nitrogens with one attached hydrogen (secondary N) is 1. The highest BCUT2D eigenvalue weighted by molar-refractivity contribution is 5.87. The van der Waals surface area contributed by atoms with E-state index in [0.29, 0.717) is 17.5 Å². The van der Waals surface area contributed by atoms with Crippen LogP contribution < -0.4 is 5.32 Å². The molecule has 0 aromatic heterocycles. The van der Waals surface area contributed by atoms with Crippen LogP contribution in [0.1, 0.15) is 15.9 Å². The number of hydrogen-bond donors (Lipinski definition) is 2. The lowest BCUT2D eigenvalue weighted by atomic mass is 10.0. The molecule has 0 radical (unpaired) electrons. The quantitative estimate of drug-likeness (QED) is 0.660. The lowest BCUT2D eigenvalue weighted by Crippen LogP contribution is -2.13. The Morgan fingerprint density at radius 3 is 2.38 bits per heavy atom. The monoisotopic (exact) mass is 347 g/mol. The highest BCUT2D eigenvalue weighted by Crippen LogP contribution is 2.32. The van der Waals surface area contributed by atoms with Gasteiger partial charge in [-0.3, -0.25) is 10.1 Å². The van der Waals surface area contributed by atoms with Crippen molar-refractivity contribution >= 4 is 18.1 Å². The molecule has 1 amide bonds. The van der Waals surface area contributed by atoms with Gasteiger partial charge in [0, 0.05) is 11.3 Å². The molecule has 5 heteroatoms. The number of rotatable bonds is 5. The van der Waals surface area contributed by atoms with Crippen LogP contribution >= 0.6 is 0 Å². The van der Waals surface area contributed by atoms with Crippen LogP contribution in [-0.4, -0.2) is 17.5 Å². The summed E-state index contributed by atoms with van der Waals surface area (Å²) in [5.41, 5.74) is 2.98. The Bertz CT molecular complexity index is 905. The molecule has 2 N–H and O–H groups in total. The van der Waals surface area contributed by atoms with Crippen LogP contribution in [0.5, 0.6) is 5.75 Å². The molecule has 0 aliphatic carbocycles. The molecular weight excluding hydrogens is 330 g/mol. The number of ether oxygens (including phenoxy) is 1. The smallest absolute Gasteiger partial charge is 0.411 e. The van der Waals surface area contributed by atoms with Crippen LogP contribution in [0.25, 0.3) is 11.1 Å². The number of anilines is 1. The molecule has 0 saturated heterocycles. The van der Waals surface area contributed by atoms with Crippen molar-refractivity contribution in [3.63, 3.8) is 0 Å². The fourth-order valence-electron chi connectivity index (χ4n) is 2.50. The summed E-state index contributed by atoms with van der Waals surface area (Å²) >= 11 is 0. The first kappa shape index (κ1) is 17.2. The van der Waals surface area contributed by atoms with Gasteiger partial charge in [-0.2, -0.15) is 0 Å². The molecule has 0 bridgehead atoms. The lowest BCUT2D eigenvalue weighted by Gasteiger charge is -2.09. The van der Waals surface area contributed by atoms with Gasteiger partial charge in [-0.05, 0) is 29.3 Å². The van der Waals surface area contributed by atoms with E-state index in [1.54, 1.807) is 42.5 Å².